The Balaban J connectivity index is 1.75. The van der Waals surface area contributed by atoms with Gasteiger partial charge in [-0.05, 0) is 36.4 Å². The van der Waals surface area contributed by atoms with Crippen LogP contribution in [-0.2, 0) is 16.6 Å². The van der Waals surface area contributed by atoms with E-state index in [2.05, 4.69) is 15.1 Å². The topological polar surface area (TPSA) is 119 Å². The van der Waals surface area contributed by atoms with E-state index in [1.165, 1.54) is 24.3 Å². The molecule has 24 heavy (non-hydrogen) atoms. The van der Waals surface area contributed by atoms with Gasteiger partial charge in [-0.25, -0.2) is 22.4 Å². The summed E-state index contributed by atoms with van der Waals surface area (Å²) in [5, 5.41) is 6.53. The predicted octanol–water partition coefficient (Wildman–Crippen LogP) is 1.30. The molecule has 124 valence electrons. The number of nitrogens with zero attached hydrogens (tertiary/aromatic N) is 2. The molecule has 0 saturated carbocycles. The molecule has 0 atom stereocenters. The first kappa shape index (κ1) is 16.0. The Morgan fingerprint density at radius 2 is 1.92 bits per heavy atom. The van der Waals surface area contributed by atoms with E-state index in [1.54, 1.807) is 16.9 Å². The predicted molar refractivity (Wildman–Crippen MR) is 88.9 cm³/mol. The number of carbonyl (C=O) groups is 1. The van der Waals surface area contributed by atoms with Gasteiger partial charge < -0.3 is 11.1 Å². The van der Waals surface area contributed by atoms with Crippen molar-refractivity contribution in [1.82, 2.24) is 14.3 Å². The number of nitrogens with two attached hydrogens (primary N) is 1. The van der Waals surface area contributed by atoms with Crippen molar-refractivity contribution in [1.29, 1.82) is 0 Å². The van der Waals surface area contributed by atoms with Gasteiger partial charge >= 0.3 is 6.03 Å². The molecule has 3 aromatic rings. The Hall–Kier alpha value is -2.91. The second kappa shape index (κ2) is 6.30. The molecular weight excluding hydrogens is 330 g/mol. The van der Waals surface area contributed by atoms with Gasteiger partial charge in [-0.2, -0.15) is 5.10 Å². The highest BCUT2D eigenvalue weighted by Gasteiger charge is 2.15. The fourth-order valence-corrected chi connectivity index (χ4v) is 3.25. The molecule has 3 rings (SSSR count). The molecule has 0 saturated heterocycles. The van der Waals surface area contributed by atoms with Gasteiger partial charge in [0.15, 0.2) is 0 Å². The smallest absolute Gasteiger partial charge is 0.316 e. The Kier molecular flexibility index (Phi) is 4.19. The number of fused-ring (bicyclic) bond motifs is 1. The van der Waals surface area contributed by atoms with Crippen LogP contribution in [0.5, 0.6) is 0 Å². The van der Waals surface area contributed by atoms with Crippen LogP contribution in [0.2, 0.25) is 0 Å². The number of sulfonamides is 1. The molecule has 0 aliphatic heterocycles. The van der Waals surface area contributed by atoms with Gasteiger partial charge in [0, 0.05) is 24.0 Å². The van der Waals surface area contributed by atoms with E-state index in [-0.39, 0.29) is 11.4 Å². The molecule has 9 heteroatoms. The minimum Gasteiger partial charge on any atom is -0.351 e. The number of hydrogen-bond acceptors (Lipinski definition) is 4. The molecule has 0 bridgehead atoms. The van der Waals surface area contributed by atoms with Gasteiger partial charge in [-0.1, -0.05) is 6.07 Å². The van der Waals surface area contributed by atoms with Crippen LogP contribution in [-0.4, -0.2) is 24.1 Å². The molecule has 0 aliphatic carbocycles. The van der Waals surface area contributed by atoms with E-state index >= 15 is 0 Å². The highest BCUT2D eigenvalue weighted by atomic mass is 32.2. The molecule has 2 amide bonds. The summed E-state index contributed by atoms with van der Waals surface area (Å²) in [6.45, 7) is 0.122. The number of rotatable bonds is 5. The third-order valence-electron chi connectivity index (χ3n) is 3.39. The van der Waals surface area contributed by atoms with E-state index in [0.29, 0.717) is 5.69 Å². The molecule has 1 aromatic carbocycles. The Morgan fingerprint density at radius 1 is 1.17 bits per heavy atom. The number of aromatic nitrogens is 2. The van der Waals surface area contributed by atoms with Gasteiger partial charge in [0.1, 0.15) is 0 Å². The van der Waals surface area contributed by atoms with Crippen LogP contribution in [0.25, 0.3) is 5.52 Å². The normalized spacial score (nSPS) is 11.5. The average Bonchev–Trinajstić information content (AvgIpc) is 2.96. The fraction of sp³-hybridized carbons (Fsp3) is 0.0667. The van der Waals surface area contributed by atoms with Crippen molar-refractivity contribution in [2.45, 2.75) is 11.4 Å². The molecular formula is C15H15N5O3S. The van der Waals surface area contributed by atoms with Gasteiger partial charge in [-0.3, -0.25) is 0 Å². The van der Waals surface area contributed by atoms with Crippen molar-refractivity contribution in [2.75, 3.05) is 5.32 Å². The summed E-state index contributed by atoms with van der Waals surface area (Å²) in [7, 11) is -3.68. The number of primary amides is 1. The van der Waals surface area contributed by atoms with Gasteiger partial charge in [-0.15, -0.1) is 0 Å². The summed E-state index contributed by atoms with van der Waals surface area (Å²) in [6.07, 6.45) is 3.41. The van der Waals surface area contributed by atoms with Crippen LogP contribution in [0.15, 0.2) is 59.8 Å². The Bertz CT molecular complexity index is 980. The minimum atomic E-state index is -3.68. The van der Waals surface area contributed by atoms with E-state index in [0.717, 1.165) is 11.1 Å². The number of nitrogens with one attached hydrogen (secondary N) is 2. The highest BCUT2D eigenvalue weighted by Crippen LogP contribution is 2.15. The molecule has 0 radical (unpaired) electrons. The number of pyridine rings is 1. The molecule has 2 heterocycles. The summed E-state index contributed by atoms with van der Waals surface area (Å²) < 4.78 is 28.9. The van der Waals surface area contributed by atoms with E-state index in [4.69, 9.17) is 5.73 Å². The van der Waals surface area contributed by atoms with Crippen molar-refractivity contribution >= 4 is 27.3 Å². The average molecular weight is 345 g/mol. The number of carbonyl (C=O) groups excluding carboxylic acids is 1. The second-order valence-electron chi connectivity index (χ2n) is 5.04. The summed E-state index contributed by atoms with van der Waals surface area (Å²) >= 11 is 0. The summed E-state index contributed by atoms with van der Waals surface area (Å²) in [6, 6.07) is 10.6. The van der Waals surface area contributed by atoms with Crippen LogP contribution in [0.4, 0.5) is 10.5 Å². The van der Waals surface area contributed by atoms with Crippen LogP contribution < -0.4 is 15.8 Å². The third kappa shape index (κ3) is 3.36. The highest BCUT2D eigenvalue weighted by molar-refractivity contribution is 7.89. The zero-order chi connectivity index (χ0) is 17.2. The van der Waals surface area contributed by atoms with E-state index < -0.39 is 16.1 Å². The Labute approximate surface area is 138 Å². The molecule has 0 fully saturated rings. The monoisotopic (exact) mass is 345 g/mol. The standard InChI is InChI=1S/C15H15N5O3S/c16-15(21)19-12-4-6-13(7-5-12)24(22,23)18-10-11-9-17-20-8-2-1-3-14(11)20/h1-9,18H,10H2,(H3,16,19,21). The van der Waals surface area contributed by atoms with Gasteiger partial charge in [0.2, 0.25) is 10.0 Å². The lowest BCUT2D eigenvalue weighted by Crippen LogP contribution is -2.23. The minimum absolute atomic E-state index is 0.0917. The van der Waals surface area contributed by atoms with Crippen molar-refractivity contribution < 1.29 is 13.2 Å². The maximum absolute atomic E-state index is 12.3. The summed E-state index contributed by atoms with van der Waals surface area (Å²) in [4.78, 5) is 10.9. The molecule has 4 N–H and O–H groups in total. The van der Waals surface area contributed by atoms with Gasteiger partial charge in [0.25, 0.3) is 0 Å². The van der Waals surface area contributed by atoms with Crippen molar-refractivity contribution in [3.63, 3.8) is 0 Å². The van der Waals surface area contributed by atoms with Crippen molar-refractivity contribution in [2.24, 2.45) is 5.73 Å². The van der Waals surface area contributed by atoms with Crippen LogP contribution in [0.1, 0.15) is 5.56 Å². The molecule has 0 spiro atoms. The summed E-state index contributed by atoms with van der Waals surface area (Å²) in [5.41, 5.74) is 7.03. The molecule has 0 aliphatic rings. The molecule has 0 unspecified atom stereocenters. The molecule has 8 nitrogen and oxygen atoms in total. The first-order valence-electron chi connectivity index (χ1n) is 7.03. The quantitative estimate of drug-likeness (QED) is 0.646. The number of hydrogen-bond donors (Lipinski definition) is 3. The van der Waals surface area contributed by atoms with E-state index in [9.17, 15) is 13.2 Å². The van der Waals surface area contributed by atoms with Crippen molar-refractivity contribution in [3.05, 3.63) is 60.4 Å². The van der Waals surface area contributed by atoms with Crippen LogP contribution in [0, 0.1) is 0 Å². The first-order chi connectivity index (χ1) is 11.5. The van der Waals surface area contributed by atoms with E-state index in [1.807, 2.05) is 18.2 Å². The fourth-order valence-electron chi connectivity index (χ4n) is 2.24. The number of amides is 2. The lowest BCUT2D eigenvalue weighted by atomic mass is 10.3. The first-order valence-corrected chi connectivity index (χ1v) is 8.51. The number of urea groups is 1. The van der Waals surface area contributed by atoms with Crippen molar-refractivity contribution in [3.8, 4) is 0 Å². The van der Waals surface area contributed by atoms with Crippen LogP contribution >= 0.6 is 0 Å². The second-order valence-corrected chi connectivity index (χ2v) is 6.81. The maximum Gasteiger partial charge on any atom is 0.316 e. The Morgan fingerprint density at radius 3 is 2.62 bits per heavy atom. The number of anilines is 1. The lowest BCUT2D eigenvalue weighted by molar-refractivity contribution is 0.259. The zero-order valence-electron chi connectivity index (χ0n) is 12.5. The number of benzene rings is 1. The SMILES string of the molecule is NC(=O)Nc1ccc(S(=O)(=O)NCc2cnn3ccccc23)cc1. The zero-order valence-corrected chi connectivity index (χ0v) is 13.3. The van der Waals surface area contributed by atoms with Crippen LogP contribution in [0.3, 0.4) is 0 Å². The molecule has 2 aromatic heterocycles. The van der Waals surface area contributed by atoms with Gasteiger partial charge in [0.05, 0.1) is 16.6 Å². The summed E-state index contributed by atoms with van der Waals surface area (Å²) in [5.74, 6) is 0. The largest absolute Gasteiger partial charge is 0.351 e. The lowest BCUT2D eigenvalue weighted by Gasteiger charge is -2.07. The maximum atomic E-state index is 12.3. The third-order valence-corrected chi connectivity index (χ3v) is 4.81.